The van der Waals surface area contributed by atoms with Crippen molar-refractivity contribution in [3.63, 3.8) is 0 Å². The summed E-state index contributed by atoms with van der Waals surface area (Å²) in [5.41, 5.74) is 24.5. The number of nitrogens with two attached hydrogens (primary N) is 2. The Morgan fingerprint density at radius 1 is 0.562 bits per heavy atom. The highest BCUT2D eigenvalue weighted by atomic mass is 14.7. The van der Waals surface area contributed by atoms with E-state index in [9.17, 15) is 0 Å². The van der Waals surface area contributed by atoms with Gasteiger partial charge in [-0.15, -0.1) is 6.58 Å². The molecule has 0 bridgehead atoms. The van der Waals surface area contributed by atoms with Gasteiger partial charge in [0.1, 0.15) is 0 Å². The summed E-state index contributed by atoms with van der Waals surface area (Å²) in [4.78, 5) is 4.54. The summed E-state index contributed by atoms with van der Waals surface area (Å²) in [5.74, 6) is 0. The summed E-state index contributed by atoms with van der Waals surface area (Å²) in [6.07, 6.45) is 12.1. The zero-order valence-corrected chi connectivity index (χ0v) is 27.9. The van der Waals surface area contributed by atoms with Crippen LogP contribution in [0.25, 0.3) is 55.8 Å². The van der Waals surface area contributed by atoms with Gasteiger partial charge in [-0.25, -0.2) is 0 Å². The highest BCUT2D eigenvalue weighted by Gasteiger charge is 2.12. The molecule has 240 valence electrons. The predicted octanol–water partition coefficient (Wildman–Crippen LogP) is 10.6. The van der Waals surface area contributed by atoms with Gasteiger partial charge in [0, 0.05) is 18.3 Å². The molecule has 1 aromatic heterocycles. The van der Waals surface area contributed by atoms with E-state index in [1.165, 1.54) is 62.7 Å². The van der Waals surface area contributed by atoms with Crippen molar-refractivity contribution in [1.29, 1.82) is 0 Å². The van der Waals surface area contributed by atoms with Crippen molar-refractivity contribution in [3.05, 3.63) is 176 Å². The van der Waals surface area contributed by atoms with Crippen molar-refractivity contribution >= 4 is 0 Å². The third-order valence-corrected chi connectivity index (χ3v) is 8.48. The maximum absolute atomic E-state index is 5.62. The first kappa shape index (κ1) is 34.0. The van der Waals surface area contributed by atoms with E-state index in [0.717, 1.165) is 36.9 Å². The highest BCUT2D eigenvalue weighted by Crippen LogP contribution is 2.37. The third kappa shape index (κ3) is 8.71. The lowest BCUT2D eigenvalue weighted by atomic mass is 9.90. The van der Waals surface area contributed by atoms with Gasteiger partial charge in [-0.1, -0.05) is 133 Å². The van der Waals surface area contributed by atoms with Crippen LogP contribution < -0.4 is 11.5 Å². The van der Waals surface area contributed by atoms with Crippen molar-refractivity contribution in [2.45, 2.75) is 25.7 Å². The van der Waals surface area contributed by atoms with Crippen molar-refractivity contribution in [2.24, 2.45) is 11.5 Å². The Morgan fingerprint density at radius 3 is 1.73 bits per heavy atom. The predicted molar refractivity (Wildman–Crippen MR) is 207 cm³/mol. The summed E-state index contributed by atoms with van der Waals surface area (Å²) in [7, 11) is 1.50. The number of nitrogens with zero attached hydrogens (tertiary/aromatic N) is 1. The fourth-order valence-electron chi connectivity index (χ4n) is 5.87. The number of rotatable bonds is 12. The molecule has 5 aromatic carbocycles. The Hall–Kier alpha value is -5.35. The maximum Gasteiger partial charge on any atom is 0.0701 e. The monoisotopic (exact) mass is 627 g/mol. The minimum Gasteiger partial charge on any atom is -0.333 e. The van der Waals surface area contributed by atoms with Gasteiger partial charge in [0.25, 0.3) is 0 Å². The number of pyridine rings is 1. The zero-order valence-electron chi connectivity index (χ0n) is 27.9. The van der Waals surface area contributed by atoms with E-state index in [1.54, 1.807) is 0 Å². The van der Waals surface area contributed by atoms with Crippen molar-refractivity contribution in [1.82, 2.24) is 4.98 Å². The smallest absolute Gasteiger partial charge is 0.0701 e. The van der Waals surface area contributed by atoms with Gasteiger partial charge in [-0.05, 0) is 107 Å². The fourth-order valence-corrected chi connectivity index (χ4v) is 5.87. The molecule has 0 saturated carbocycles. The minimum absolute atomic E-state index is 0.569. The SMILES string of the molecule is C=CCCCc1ccc(-c2ccc(-c3ccc(-c4ccc(C/C=C\CN)cc4)c(-c4ccc(-c5ccccn5)cc4)c3)cc2)cc1.CN. The molecule has 0 unspecified atom stereocenters. The number of aryl methyl sites for hydroxylation is 1. The van der Waals surface area contributed by atoms with Gasteiger partial charge in [-0.3, -0.25) is 4.98 Å². The standard InChI is InChI=1S/C44H40N2.CH5N/c1-2-3-4-9-33-12-16-35(17-13-33)36-20-22-37(23-21-36)41-28-29-42(38-18-14-34(15-19-38)10-5-7-30-45)43(32-41)39-24-26-40(27-25-39)44-11-6-8-31-46-44;1-2/h2,5-8,11-29,31-32H,1,3-4,9-10,30,45H2;2H2,1H3/b7-5-;. The number of allylic oxidation sites excluding steroid dienone is 2. The van der Waals surface area contributed by atoms with Crippen LogP contribution in [0.2, 0.25) is 0 Å². The average molecular weight is 628 g/mol. The summed E-state index contributed by atoms with van der Waals surface area (Å²) < 4.78 is 0. The second-order valence-electron chi connectivity index (χ2n) is 11.6. The number of hydrogen-bond acceptors (Lipinski definition) is 3. The molecule has 0 aliphatic rings. The normalized spacial score (nSPS) is 10.8. The van der Waals surface area contributed by atoms with Gasteiger partial charge < -0.3 is 11.5 Å². The molecule has 0 aliphatic carbocycles. The first-order chi connectivity index (χ1) is 23.7. The summed E-state index contributed by atoms with van der Waals surface area (Å²) >= 11 is 0. The average Bonchev–Trinajstić information content (AvgIpc) is 3.17. The molecule has 48 heavy (non-hydrogen) atoms. The van der Waals surface area contributed by atoms with Gasteiger partial charge >= 0.3 is 0 Å². The van der Waals surface area contributed by atoms with Crippen LogP contribution in [-0.4, -0.2) is 18.6 Å². The second kappa shape index (κ2) is 17.5. The Bertz CT molecular complexity index is 1890. The topological polar surface area (TPSA) is 64.9 Å². The van der Waals surface area contributed by atoms with Crippen molar-refractivity contribution < 1.29 is 0 Å². The van der Waals surface area contributed by atoms with Crippen LogP contribution in [0, 0.1) is 0 Å². The first-order valence-corrected chi connectivity index (χ1v) is 16.7. The largest absolute Gasteiger partial charge is 0.333 e. The summed E-state index contributed by atoms with van der Waals surface area (Å²) in [6, 6.07) is 48.4. The van der Waals surface area contributed by atoms with Crippen LogP contribution >= 0.6 is 0 Å². The van der Waals surface area contributed by atoms with Gasteiger partial charge in [-0.2, -0.15) is 0 Å². The van der Waals surface area contributed by atoms with E-state index < -0.39 is 0 Å². The molecule has 0 spiro atoms. The fraction of sp³-hybridized carbons (Fsp3) is 0.133. The quantitative estimate of drug-likeness (QED) is 0.105. The lowest BCUT2D eigenvalue weighted by Crippen LogP contribution is -1.93. The van der Waals surface area contributed by atoms with E-state index in [-0.39, 0.29) is 0 Å². The van der Waals surface area contributed by atoms with Gasteiger partial charge in [0.15, 0.2) is 0 Å². The molecule has 3 heteroatoms. The molecule has 0 aliphatic heterocycles. The van der Waals surface area contributed by atoms with E-state index in [1.807, 2.05) is 36.5 Å². The van der Waals surface area contributed by atoms with E-state index in [0.29, 0.717) is 6.54 Å². The van der Waals surface area contributed by atoms with Gasteiger partial charge in [0.2, 0.25) is 0 Å². The molecule has 0 amide bonds. The molecule has 0 radical (unpaired) electrons. The molecule has 0 saturated heterocycles. The van der Waals surface area contributed by atoms with Crippen LogP contribution in [0.15, 0.2) is 164 Å². The first-order valence-electron chi connectivity index (χ1n) is 16.7. The van der Waals surface area contributed by atoms with Crippen molar-refractivity contribution in [2.75, 3.05) is 13.6 Å². The van der Waals surface area contributed by atoms with Crippen LogP contribution in [0.5, 0.6) is 0 Å². The van der Waals surface area contributed by atoms with E-state index >= 15 is 0 Å². The Kier molecular flexibility index (Phi) is 12.4. The molecule has 1 heterocycles. The molecule has 6 rings (SSSR count). The summed E-state index contributed by atoms with van der Waals surface area (Å²) in [5, 5.41) is 0. The molecular formula is C45H45N3. The number of hydrogen-bond donors (Lipinski definition) is 2. The zero-order chi connectivity index (χ0) is 33.6. The van der Waals surface area contributed by atoms with Gasteiger partial charge in [0.05, 0.1) is 5.69 Å². The number of unbranched alkanes of at least 4 members (excludes halogenated alkanes) is 1. The van der Waals surface area contributed by atoms with Crippen LogP contribution in [0.1, 0.15) is 24.0 Å². The minimum atomic E-state index is 0.569. The van der Waals surface area contributed by atoms with E-state index in [2.05, 4.69) is 139 Å². The maximum atomic E-state index is 5.62. The summed E-state index contributed by atoms with van der Waals surface area (Å²) in [6.45, 7) is 4.40. The number of benzene rings is 5. The van der Waals surface area contributed by atoms with Crippen LogP contribution in [0.4, 0.5) is 0 Å². The molecule has 3 nitrogen and oxygen atoms in total. The molecule has 0 atom stereocenters. The lowest BCUT2D eigenvalue weighted by molar-refractivity contribution is 0.844. The molecule has 6 aromatic rings. The highest BCUT2D eigenvalue weighted by molar-refractivity contribution is 5.88. The third-order valence-electron chi connectivity index (χ3n) is 8.48. The Morgan fingerprint density at radius 2 is 1.10 bits per heavy atom. The van der Waals surface area contributed by atoms with Crippen LogP contribution in [0.3, 0.4) is 0 Å². The van der Waals surface area contributed by atoms with E-state index in [4.69, 9.17) is 5.73 Å². The lowest BCUT2D eigenvalue weighted by Gasteiger charge is -2.15. The van der Waals surface area contributed by atoms with Crippen molar-refractivity contribution in [3.8, 4) is 55.8 Å². The molecular weight excluding hydrogens is 583 g/mol. The van der Waals surface area contributed by atoms with Crippen LogP contribution in [-0.2, 0) is 12.8 Å². The molecule has 0 fully saturated rings. The number of aromatic nitrogens is 1. The second-order valence-corrected chi connectivity index (χ2v) is 11.6. The Labute approximate surface area is 286 Å². The molecule has 4 N–H and O–H groups in total. The Balaban J connectivity index is 0.00000221.